The largest absolute Gasteiger partial charge is 0.378 e. The minimum atomic E-state index is -0.585. The summed E-state index contributed by atoms with van der Waals surface area (Å²) in [6.07, 6.45) is 1.92. The summed E-state index contributed by atoms with van der Waals surface area (Å²) in [5.74, 6) is 0.535. The van der Waals surface area contributed by atoms with Gasteiger partial charge < -0.3 is 15.8 Å². The minimum Gasteiger partial charge on any atom is -0.378 e. The Labute approximate surface area is 116 Å². The molecule has 0 aromatic carbocycles. The van der Waals surface area contributed by atoms with Crippen molar-refractivity contribution in [3.63, 3.8) is 0 Å². The lowest BCUT2D eigenvalue weighted by molar-refractivity contribution is -0.383. The van der Waals surface area contributed by atoms with Gasteiger partial charge in [-0.3, -0.25) is 10.1 Å². The second-order valence-corrected chi connectivity index (χ2v) is 5.08. The molecule has 0 spiro atoms. The Hall–Kier alpha value is -1.96. The van der Waals surface area contributed by atoms with Crippen LogP contribution in [0.5, 0.6) is 0 Å². The van der Waals surface area contributed by atoms with Crippen LogP contribution in [0.1, 0.15) is 27.2 Å². The molecule has 0 amide bonds. The standard InChI is InChI=1S/C12H19N5O3/c1-4-8-6(2)7(3)12(20-8)16-11-9(17(18)19)10(13)14-5-15-11/h5-8,12H,4H2,1-3H3,(H3,13,14,15,16). The maximum atomic E-state index is 11.0. The number of nitrogen functional groups attached to an aromatic ring is 1. The van der Waals surface area contributed by atoms with E-state index in [1.54, 1.807) is 0 Å². The third-order valence-electron chi connectivity index (χ3n) is 3.93. The summed E-state index contributed by atoms with van der Waals surface area (Å²) >= 11 is 0. The molecule has 2 heterocycles. The van der Waals surface area contributed by atoms with E-state index in [4.69, 9.17) is 10.5 Å². The number of nitrogens with zero attached hydrogens (tertiary/aromatic N) is 3. The van der Waals surface area contributed by atoms with Crippen LogP contribution in [-0.4, -0.2) is 27.2 Å². The van der Waals surface area contributed by atoms with E-state index in [2.05, 4.69) is 29.1 Å². The fourth-order valence-corrected chi connectivity index (χ4v) is 2.50. The van der Waals surface area contributed by atoms with Crippen LogP contribution in [0.3, 0.4) is 0 Å². The maximum Gasteiger partial charge on any atom is 0.353 e. The first kappa shape index (κ1) is 14.4. The third-order valence-corrected chi connectivity index (χ3v) is 3.93. The Morgan fingerprint density at radius 1 is 1.45 bits per heavy atom. The van der Waals surface area contributed by atoms with E-state index in [1.807, 2.05) is 6.92 Å². The van der Waals surface area contributed by atoms with Gasteiger partial charge >= 0.3 is 5.69 Å². The Morgan fingerprint density at radius 2 is 2.15 bits per heavy atom. The van der Waals surface area contributed by atoms with Crippen molar-refractivity contribution in [2.24, 2.45) is 11.8 Å². The smallest absolute Gasteiger partial charge is 0.353 e. The number of ether oxygens (including phenoxy) is 1. The predicted molar refractivity (Wildman–Crippen MR) is 74.0 cm³/mol. The number of hydrogen-bond acceptors (Lipinski definition) is 7. The normalized spacial score (nSPS) is 29.4. The monoisotopic (exact) mass is 281 g/mol. The number of aromatic nitrogens is 2. The Balaban J connectivity index is 2.23. The first-order chi connectivity index (χ1) is 9.45. The summed E-state index contributed by atoms with van der Waals surface area (Å²) in [6.45, 7) is 6.22. The van der Waals surface area contributed by atoms with Crippen molar-refractivity contribution in [3.8, 4) is 0 Å². The van der Waals surface area contributed by atoms with E-state index in [-0.39, 0.29) is 35.6 Å². The maximum absolute atomic E-state index is 11.0. The quantitative estimate of drug-likeness (QED) is 0.638. The molecule has 0 radical (unpaired) electrons. The van der Waals surface area contributed by atoms with E-state index in [1.165, 1.54) is 6.33 Å². The highest BCUT2D eigenvalue weighted by Gasteiger charge is 2.39. The molecule has 110 valence electrons. The number of nitro groups is 1. The molecule has 4 atom stereocenters. The second kappa shape index (κ2) is 5.58. The highest BCUT2D eigenvalue weighted by atomic mass is 16.6. The number of hydrogen-bond donors (Lipinski definition) is 2. The van der Waals surface area contributed by atoms with E-state index in [0.717, 1.165) is 6.42 Å². The molecule has 0 saturated carbocycles. The topological polar surface area (TPSA) is 116 Å². The first-order valence-corrected chi connectivity index (χ1v) is 6.62. The molecule has 8 heteroatoms. The molecule has 8 nitrogen and oxygen atoms in total. The van der Waals surface area contributed by atoms with Gasteiger partial charge in [0.2, 0.25) is 11.6 Å². The molecule has 1 saturated heterocycles. The molecule has 0 bridgehead atoms. The molecule has 1 aliphatic heterocycles. The summed E-state index contributed by atoms with van der Waals surface area (Å²) in [7, 11) is 0. The zero-order valence-electron chi connectivity index (χ0n) is 11.7. The van der Waals surface area contributed by atoms with Gasteiger partial charge in [0.05, 0.1) is 11.0 Å². The molecule has 1 aromatic rings. The molecular formula is C12H19N5O3. The predicted octanol–water partition coefficient (Wildman–Crippen LogP) is 1.79. The summed E-state index contributed by atoms with van der Waals surface area (Å²) in [4.78, 5) is 18.0. The lowest BCUT2D eigenvalue weighted by Gasteiger charge is -2.18. The molecule has 0 aliphatic carbocycles. The Bertz CT molecular complexity index is 510. The van der Waals surface area contributed by atoms with Gasteiger partial charge in [0.25, 0.3) is 0 Å². The fraction of sp³-hybridized carbons (Fsp3) is 0.667. The highest BCUT2D eigenvalue weighted by Crippen LogP contribution is 2.36. The van der Waals surface area contributed by atoms with Gasteiger partial charge in [-0.2, -0.15) is 0 Å². The lowest BCUT2D eigenvalue weighted by atomic mass is 9.92. The van der Waals surface area contributed by atoms with Crippen molar-refractivity contribution in [1.82, 2.24) is 9.97 Å². The van der Waals surface area contributed by atoms with Crippen LogP contribution in [0.25, 0.3) is 0 Å². The first-order valence-electron chi connectivity index (χ1n) is 6.62. The second-order valence-electron chi connectivity index (χ2n) is 5.08. The Kier molecular flexibility index (Phi) is 4.03. The van der Waals surface area contributed by atoms with E-state index in [9.17, 15) is 10.1 Å². The fourth-order valence-electron chi connectivity index (χ4n) is 2.50. The van der Waals surface area contributed by atoms with Crippen LogP contribution in [0.2, 0.25) is 0 Å². The van der Waals surface area contributed by atoms with Gasteiger partial charge in [-0.25, -0.2) is 9.97 Å². The van der Waals surface area contributed by atoms with Crippen LogP contribution in [0.15, 0.2) is 6.33 Å². The number of nitrogens with two attached hydrogens (primary N) is 1. The van der Waals surface area contributed by atoms with Gasteiger partial charge in [0.15, 0.2) is 0 Å². The molecule has 1 fully saturated rings. The van der Waals surface area contributed by atoms with Gasteiger partial charge in [-0.05, 0) is 12.3 Å². The van der Waals surface area contributed by atoms with Crippen molar-refractivity contribution < 1.29 is 9.66 Å². The van der Waals surface area contributed by atoms with Crippen LogP contribution in [0, 0.1) is 22.0 Å². The van der Waals surface area contributed by atoms with E-state index < -0.39 is 4.92 Å². The van der Waals surface area contributed by atoms with Crippen molar-refractivity contribution in [2.75, 3.05) is 11.1 Å². The SMILES string of the molecule is CCC1OC(Nc2ncnc(N)c2[N+](=O)[O-])C(C)C1C. The molecule has 2 rings (SSSR count). The van der Waals surface area contributed by atoms with Crippen molar-refractivity contribution >= 4 is 17.3 Å². The average Bonchev–Trinajstić information content (AvgIpc) is 2.66. The van der Waals surface area contributed by atoms with Crippen molar-refractivity contribution in [3.05, 3.63) is 16.4 Å². The van der Waals surface area contributed by atoms with Crippen LogP contribution in [-0.2, 0) is 4.74 Å². The van der Waals surface area contributed by atoms with Gasteiger partial charge in [0, 0.05) is 5.92 Å². The molecular weight excluding hydrogens is 262 g/mol. The highest BCUT2D eigenvalue weighted by molar-refractivity contribution is 5.67. The number of nitrogens with one attached hydrogen (secondary N) is 1. The summed E-state index contributed by atoms with van der Waals surface area (Å²) in [5, 5.41) is 14.0. The third kappa shape index (κ3) is 2.51. The molecule has 3 N–H and O–H groups in total. The zero-order valence-corrected chi connectivity index (χ0v) is 11.7. The van der Waals surface area contributed by atoms with Gasteiger partial charge in [-0.15, -0.1) is 0 Å². The minimum absolute atomic E-state index is 0.100. The average molecular weight is 281 g/mol. The molecule has 20 heavy (non-hydrogen) atoms. The van der Waals surface area contributed by atoms with Crippen LogP contribution < -0.4 is 11.1 Å². The lowest BCUT2D eigenvalue weighted by Crippen LogP contribution is -2.26. The number of anilines is 2. The van der Waals surface area contributed by atoms with Gasteiger partial charge in [-0.1, -0.05) is 20.8 Å². The number of rotatable bonds is 4. The summed E-state index contributed by atoms with van der Waals surface area (Å²) in [5.41, 5.74) is 5.23. The zero-order chi connectivity index (χ0) is 14.9. The Morgan fingerprint density at radius 3 is 2.70 bits per heavy atom. The molecule has 1 aromatic heterocycles. The van der Waals surface area contributed by atoms with E-state index >= 15 is 0 Å². The van der Waals surface area contributed by atoms with E-state index in [0.29, 0.717) is 5.92 Å². The summed E-state index contributed by atoms with van der Waals surface area (Å²) in [6, 6.07) is 0. The molecule has 1 aliphatic rings. The van der Waals surface area contributed by atoms with Gasteiger partial charge in [0.1, 0.15) is 12.6 Å². The van der Waals surface area contributed by atoms with Crippen molar-refractivity contribution in [2.45, 2.75) is 39.5 Å². The van der Waals surface area contributed by atoms with Crippen LogP contribution >= 0.6 is 0 Å². The summed E-state index contributed by atoms with van der Waals surface area (Å²) < 4.78 is 5.88. The van der Waals surface area contributed by atoms with Crippen LogP contribution in [0.4, 0.5) is 17.3 Å². The van der Waals surface area contributed by atoms with Crippen molar-refractivity contribution in [1.29, 1.82) is 0 Å². The molecule has 4 unspecified atom stereocenters.